The van der Waals surface area contributed by atoms with Gasteiger partial charge in [0.2, 0.25) is 0 Å². The van der Waals surface area contributed by atoms with Gasteiger partial charge in [0, 0.05) is 61.6 Å². The number of anilines is 1. The lowest BCUT2D eigenvalue weighted by molar-refractivity contribution is 0.0847. The predicted molar refractivity (Wildman–Crippen MR) is 182 cm³/mol. The number of hydrogen-bond acceptors (Lipinski definition) is 7. The van der Waals surface area contributed by atoms with Gasteiger partial charge in [-0.1, -0.05) is 48.0 Å². The van der Waals surface area contributed by atoms with E-state index in [1.807, 2.05) is 79.1 Å². The second kappa shape index (κ2) is 15.2. The number of β-amino-alcohol motifs (C(OH)–C–C–N with tert-alkyl or cyclic N) is 1. The highest BCUT2D eigenvalue weighted by molar-refractivity contribution is 6.31. The lowest BCUT2D eigenvalue weighted by Gasteiger charge is -2.37. The molecule has 1 atom stereocenters. The number of aromatic nitrogens is 2. The molecule has 0 bridgehead atoms. The highest BCUT2D eigenvalue weighted by Crippen LogP contribution is 2.35. The highest BCUT2D eigenvalue weighted by Gasteiger charge is 2.25. The Labute approximate surface area is 280 Å². The maximum absolute atomic E-state index is 13.4. The Hall–Kier alpha value is -3.47. The van der Waals surface area contributed by atoms with Gasteiger partial charge in [0.05, 0.1) is 17.5 Å². The summed E-state index contributed by atoms with van der Waals surface area (Å²) >= 11 is 6.32. The summed E-state index contributed by atoms with van der Waals surface area (Å²) in [5.74, 6) is 1.68. The van der Waals surface area contributed by atoms with E-state index in [0.29, 0.717) is 48.5 Å². The minimum absolute atomic E-state index is 0. The van der Waals surface area contributed by atoms with Crippen LogP contribution in [0, 0.1) is 13.8 Å². The molecule has 1 unspecified atom stereocenters. The number of hydrogen-bond donors (Lipinski definition) is 2. The van der Waals surface area contributed by atoms with Gasteiger partial charge >= 0.3 is 0 Å². The average molecular weight is 675 g/mol. The first-order chi connectivity index (χ1) is 20.9. The van der Waals surface area contributed by atoms with Crippen LogP contribution in [0.2, 0.25) is 5.02 Å². The van der Waals surface area contributed by atoms with Crippen molar-refractivity contribution >= 4 is 48.0 Å². The maximum atomic E-state index is 13.4. The van der Waals surface area contributed by atoms with Gasteiger partial charge < -0.3 is 24.8 Å². The molecule has 0 radical (unpaired) electrons. The number of imidazole rings is 1. The summed E-state index contributed by atoms with van der Waals surface area (Å²) in [5, 5.41) is 14.5. The Morgan fingerprint density at radius 2 is 1.67 bits per heavy atom. The number of benzene rings is 3. The van der Waals surface area contributed by atoms with Crippen molar-refractivity contribution in [3.05, 3.63) is 88.7 Å². The number of nitrogens with zero attached hydrogens (tertiary/aromatic N) is 4. The topological polar surface area (TPSA) is 92.1 Å². The number of ether oxygens (including phenoxy) is 2. The molecule has 3 aromatic carbocycles. The molecular weight excluding hydrogens is 637 g/mol. The van der Waals surface area contributed by atoms with Crippen molar-refractivity contribution < 1.29 is 19.4 Å². The molecule has 0 spiro atoms. The van der Waals surface area contributed by atoms with Gasteiger partial charge in [-0.25, -0.2) is 4.98 Å². The zero-order chi connectivity index (χ0) is 29.9. The number of aliphatic hydroxyl groups is 1. The van der Waals surface area contributed by atoms with E-state index in [1.54, 1.807) is 0 Å². The smallest absolute Gasteiger partial charge is 0.271 e. The molecular formula is C33H38Cl3N5O4. The zero-order valence-corrected chi connectivity index (χ0v) is 27.6. The predicted octanol–water partition coefficient (Wildman–Crippen LogP) is 5.34. The molecule has 9 nitrogen and oxygen atoms in total. The van der Waals surface area contributed by atoms with E-state index in [1.165, 1.54) is 0 Å². The number of halogens is 3. The van der Waals surface area contributed by atoms with Crippen molar-refractivity contribution in [2.24, 2.45) is 0 Å². The first-order valence-electron chi connectivity index (χ1n) is 14.6. The maximum Gasteiger partial charge on any atom is 0.271 e. The summed E-state index contributed by atoms with van der Waals surface area (Å²) in [6, 6.07) is 21.5. The largest absolute Gasteiger partial charge is 0.486 e. The van der Waals surface area contributed by atoms with E-state index in [-0.39, 0.29) is 37.3 Å². The first-order valence-corrected chi connectivity index (χ1v) is 15.0. The third-order valence-corrected chi connectivity index (χ3v) is 8.47. The molecule has 45 heavy (non-hydrogen) atoms. The summed E-state index contributed by atoms with van der Waals surface area (Å²) in [4.78, 5) is 22.7. The number of aliphatic hydroxyl groups excluding tert-OH is 1. The molecule has 1 fully saturated rings. The lowest BCUT2D eigenvalue weighted by atomic mass is 10.1. The minimum Gasteiger partial charge on any atom is -0.486 e. The molecule has 2 aliphatic heterocycles. The number of rotatable bonds is 8. The second-order valence-electron chi connectivity index (χ2n) is 10.9. The van der Waals surface area contributed by atoms with Crippen molar-refractivity contribution in [1.29, 1.82) is 0 Å². The quantitative estimate of drug-likeness (QED) is 0.261. The fraction of sp³-hybridized carbons (Fsp3) is 0.333. The Morgan fingerprint density at radius 1 is 0.956 bits per heavy atom. The zero-order valence-electron chi connectivity index (χ0n) is 25.2. The summed E-state index contributed by atoms with van der Waals surface area (Å²) in [5.41, 5.74) is 4.94. The normalized spacial score (nSPS) is 15.1. The van der Waals surface area contributed by atoms with Crippen LogP contribution in [0.25, 0.3) is 17.1 Å². The number of amides is 1. The van der Waals surface area contributed by atoms with Gasteiger partial charge in [0.15, 0.2) is 11.5 Å². The third kappa shape index (κ3) is 7.51. The van der Waals surface area contributed by atoms with E-state index in [2.05, 4.69) is 21.2 Å². The molecule has 0 saturated carbocycles. The van der Waals surface area contributed by atoms with E-state index < -0.39 is 6.10 Å². The van der Waals surface area contributed by atoms with Gasteiger partial charge in [-0.2, -0.15) is 0 Å². The molecule has 4 aromatic rings. The number of carbonyl (C=O) groups excluding carboxylic acids is 1. The standard InChI is InChI=1S/C33H36ClN5O4.2ClH/c1-22-27(34)9-6-10-28(22)38-15-13-37(14-16-38)21-26(40)20-35-33(41)31-23(2)39(32(36-31)24-7-4-3-5-8-24)25-11-12-29-30(19-25)43-18-17-42-29;;/h3-12,19,26,40H,13-18,20-21H2,1-2H3,(H,35,41);2*1H. The number of piperazine rings is 1. The summed E-state index contributed by atoms with van der Waals surface area (Å²) in [7, 11) is 0. The van der Waals surface area contributed by atoms with Crippen molar-refractivity contribution in [3.63, 3.8) is 0 Å². The van der Waals surface area contributed by atoms with Crippen molar-refractivity contribution in [2.75, 3.05) is 57.4 Å². The number of nitrogens with one attached hydrogen (secondary N) is 1. The monoisotopic (exact) mass is 673 g/mol. The molecule has 12 heteroatoms. The van der Waals surface area contributed by atoms with Crippen LogP contribution in [0.1, 0.15) is 21.7 Å². The Kier molecular flexibility index (Phi) is 11.6. The van der Waals surface area contributed by atoms with E-state index in [9.17, 15) is 9.90 Å². The number of fused-ring (bicyclic) bond motifs is 1. The van der Waals surface area contributed by atoms with Gasteiger partial charge in [0.1, 0.15) is 24.7 Å². The molecule has 3 heterocycles. The SMILES string of the molecule is Cc1c(Cl)cccc1N1CCN(CC(O)CNC(=O)c2nc(-c3ccccc3)n(-c3ccc4c(c3)OCCO4)c2C)CC1.Cl.Cl. The summed E-state index contributed by atoms with van der Waals surface area (Å²) in [6.45, 7) is 8.85. The third-order valence-electron chi connectivity index (χ3n) is 8.06. The molecule has 2 aliphatic rings. The van der Waals surface area contributed by atoms with E-state index in [0.717, 1.165) is 53.7 Å². The van der Waals surface area contributed by atoms with Gasteiger partial charge in [0.25, 0.3) is 5.91 Å². The molecule has 240 valence electrons. The molecule has 1 amide bonds. The van der Waals surface area contributed by atoms with Crippen LogP contribution in [0.5, 0.6) is 11.5 Å². The lowest BCUT2D eigenvalue weighted by Crippen LogP contribution is -2.50. The molecule has 1 aromatic heterocycles. The van der Waals surface area contributed by atoms with Crippen LogP contribution in [0.15, 0.2) is 66.7 Å². The number of carbonyl (C=O) groups is 1. The van der Waals surface area contributed by atoms with Crippen LogP contribution in [-0.4, -0.2) is 84.1 Å². The molecule has 1 saturated heterocycles. The van der Waals surface area contributed by atoms with E-state index >= 15 is 0 Å². The van der Waals surface area contributed by atoms with Crippen LogP contribution in [0.4, 0.5) is 5.69 Å². The molecule has 2 N–H and O–H groups in total. The Balaban J connectivity index is 0.00000230. The Bertz CT molecular complexity index is 1610. The van der Waals surface area contributed by atoms with Crippen LogP contribution in [-0.2, 0) is 0 Å². The van der Waals surface area contributed by atoms with Gasteiger partial charge in [-0.05, 0) is 43.7 Å². The van der Waals surface area contributed by atoms with Gasteiger partial charge in [-0.3, -0.25) is 14.3 Å². The summed E-state index contributed by atoms with van der Waals surface area (Å²) < 4.78 is 13.5. The second-order valence-corrected chi connectivity index (χ2v) is 11.3. The average Bonchev–Trinajstić information content (AvgIpc) is 3.39. The molecule has 6 rings (SSSR count). The van der Waals surface area contributed by atoms with Crippen molar-refractivity contribution in [1.82, 2.24) is 19.8 Å². The van der Waals surface area contributed by atoms with Crippen molar-refractivity contribution in [2.45, 2.75) is 20.0 Å². The first kappa shape index (κ1) is 34.4. The fourth-order valence-corrected chi connectivity index (χ4v) is 5.92. The van der Waals surface area contributed by atoms with Crippen LogP contribution >= 0.6 is 36.4 Å². The fourth-order valence-electron chi connectivity index (χ4n) is 5.75. The van der Waals surface area contributed by atoms with Crippen LogP contribution < -0.4 is 19.7 Å². The van der Waals surface area contributed by atoms with Crippen molar-refractivity contribution in [3.8, 4) is 28.6 Å². The Morgan fingerprint density at radius 3 is 2.40 bits per heavy atom. The van der Waals surface area contributed by atoms with E-state index in [4.69, 9.17) is 26.1 Å². The van der Waals surface area contributed by atoms with Crippen LogP contribution in [0.3, 0.4) is 0 Å². The van der Waals surface area contributed by atoms with Gasteiger partial charge in [-0.15, -0.1) is 24.8 Å². The molecule has 0 aliphatic carbocycles. The minimum atomic E-state index is -0.711. The summed E-state index contributed by atoms with van der Waals surface area (Å²) in [6.07, 6.45) is -0.711. The highest BCUT2D eigenvalue weighted by atomic mass is 35.5.